The van der Waals surface area contributed by atoms with Crippen molar-refractivity contribution >= 4 is 34.2 Å². The number of carbonyl (C=O) groups excluding carboxylic acids is 1. The molecule has 178 valence electrons. The highest BCUT2D eigenvalue weighted by atomic mass is 35.5. The van der Waals surface area contributed by atoms with Crippen molar-refractivity contribution in [3.63, 3.8) is 0 Å². The van der Waals surface area contributed by atoms with Gasteiger partial charge in [-0.05, 0) is 52.8 Å². The fourth-order valence-corrected chi connectivity index (χ4v) is 4.10. The van der Waals surface area contributed by atoms with Crippen molar-refractivity contribution in [3.05, 3.63) is 112 Å². The summed E-state index contributed by atoms with van der Waals surface area (Å²) in [4.78, 5) is 28.3. The van der Waals surface area contributed by atoms with E-state index in [-0.39, 0.29) is 12.3 Å². The fraction of sp³-hybridized carbons (Fsp3) is 0.179. The molecule has 1 aromatic heterocycles. The summed E-state index contributed by atoms with van der Waals surface area (Å²) in [6, 6.07) is 21.9. The molecule has 0 radical (unpaired) electrons. The number of fused-ring (bicyclic) bond motifs is 1. The van der Waals surface area contributed by atoms with Gasteiger partial charge in [0.2, 0.25) is 0 Å². The zero-order chi connectivity index (χ0) is 24.8. The molecule has 1 atom stereocenters. The number of nitrogens with two attached hydrogens (primary N) is 1. The number of nitrogens with one attached hydrogen (secondary N) is 1. The van der Waals surface area contributed by atoms with Crippen LogP contribution in [0.1, 0.15) is 32.7 Å². The number of nitrogens with zero attached hydrogens (tertiary/aromatic N) is 1. The van der Waals surface area contributed by atoms with Crippen LogP contribution in [0.25, 0.3) is 10.8 Å². The summed E-state index contributed by atoms with van der Waals surface area (Å²) < 4.78 is 0. The minimum atomic E-state index is -1.03. The summed E-state index contributed by atoms with van der Waals surface area (Å²) in [6.45, 7) is 0.538. The molecule has 0 saturated carbocycles. The highest BCUT2D eigenvalue weighted by Gasteiger charge is 2.16. The van der Waals surface area contributed by atoms with E-state index >= 15 is 0 Å². The van der Waals surface area contributed by atoms with Gasteiger partial charge in [-0.15, -0.1) is 0 Å². The molecule has 6 nitrogen and oxygen atoms in total. The Hall–Kier alpha value is -3.74. The van der Waals surface area contributed by atoms with Crippen molar-refractivity contribution < 1.29 is 14.7 Å². The molecule has 4 N–H and O–H groups in total. The lowest BCUT2D eigenvalue weighted by Gasteiger charge is -2.13. The van der Waals surface area contributed by atoms with E-state index in [1.54, 1.807) is 6.20 Å². The number of carboxylic acid groups (broad SMARTS) is 1. The summed E-state index contributed by atoms with van der Waals surface area (Å²) in [6.07, 6.45) is 3.24. The van der Waals surface area contributed by atoms with E-state index in [9.17, 15) is 9.59 Å². The predicted molar refractivity (Wildman–Crippen MR) is 138 cm³/mol. The van der Waals surface area contributed by atoms with E-state index in [0.29, 0.717) is 23.6 Å². The number of carboxylic acids is 1. The van der Waals surface area contributed by atoms with Crippen molar-refractivity contribution in [1.82, 2.24) is 10.3 Å². The molecule has 35 heavy (non-hydrogen) atoms. The first-order valence-corrected chi connectivity index (χ1v) is 11.7. The Balaban J connectivity index is 1.41. The van der Waals surface area contributed by atoms with Gasteiger partial charge in [-0.3, -0.25) is 14.6 Å². The monoisotopic (exact) mass is 487 g/mol. The van der Waals surface area contributed by atoms with Crippen LogP contribution in [0, 0.1) is 0 Å². The van der Waals surface area contributed by atoms with Gasteiger partial charge in [0.1, 0.15) is 6.04 Å². The van der Waals surface area contributed by atoms with E-state index in [1.165, 1.54) is 0 Å². The standard InChI is InChI=1S/C28H26ClN3O3/c29-22-11-7-18(8-12-22)13-14-31-27(33)20-9-5-19(6-10-20)15-26-24-4-2-1-3-23(24)21(17-32-26)16-25(30)28(34)35/h1-12,17,25H,13-16,30H2,(H,31,33)(H,34,35). The van der Waals surface area contributed by atoms with Gasteiger partial charge in [0.15, 0.2) is 0 Å². The Labute approximate surface area is 208 Å². The van der Waals surface area contributed by atoms with Gasteiger partial charge in [0.25, 0.3) is 5.91 Å². The Morgan fingerprint density at radius 2 is 1.60 bits per heavy atom. The van der Waals surface area contributed by atoms with Gasteiger partial charge in [-0.1, -0.05) is 60.1 Å². The minimum absolute atomic E-state index is 0.117. The minimum Gasteiger partial charge on any atom is -0.480 e. The number of halogens is 1. The Morgan fingerprint density at radius 1 is 0.943 bits per heavy atom. The molecule has 1 heterocycles. The van der Waals surface area contributed by atoms with Gasteiger partial charge in [-0.25, -0.2) is 0 Å². The summed E-state index contributed by atoms with van der Waals surface area (Å²) in [5.41, 5.74) is 10.2. The molecule has 7 heteroatoms. The first-order valence-electron chi connectivity index (χ1n) is 11.4. The number of benzene rings is 3. The van der Waals surface area contributed by atoms with E-state index in [4.69, 9.17) is 22.4 Å². The maximum atomic E-state index is 12.5. The number of hydrogen-bond acceptors (Lipinski definition) is 4. The number of pyridine rings is 1. The molecule has 1 unspecified atom stereocenters. The van der Waals surface area contributed by atoms with Crippen LogP contribution in [0.4, 0.5) is 0 Å². The first-order chi connectivity index (χ1) is 16.9. The highest BCUT2D eigenvalue weighted by molar-refractivity contribution is 6.30. The van der Waals surface area contributed by atoms with Gasteiger partial charge in [0, 0.05) is 41.6 Å². The summed E-state index contributed by atoms with van der Waals surface area (Å²) in [5, 5.41) is 14.7. The van der Waals surface area contributed by atoms with Crippen LogP contribution in [0.2, 0.25) is 5.02 Å². The summed E-state index contributed by atoms with van der Waals surface area (Å²) >= 11 is 5.91. The molecule has 0 bridgehead atoms. The molecule has 0 aliphatic carbocycles. The number of rotatable bonds is 9. The third-order valence-corrected chi connectivity index (χ3v) is 6.17. The number of amides is 1. The molecule has 0 aliphatic rings. The van der Waals surface area contributed by atoms with Crippen LogP contribution in [0.3, 0.4) is 0 Å². The highest BCUT2D eigenvalue weighted by Crippen LogP contribution is 2.24. The largest absolute Gasteiger partial charge is 0.480 e. The molecule has 0 fully saturated rings. The average molecular weight is 488 g/mol. The zero-order valence-electron chi connectivity index (χ0n) is 19.1. The SMILES string of the molecule is NC(Cc1cnc(Cc2ccc(C(=O)NCCc3ccc(Cl)cc3)cc2)c2ccccc12)C(=O)O. The smallest absolute Gasteiger partial charge is 0.320 e. The molecular formula is C28H26ClN3O3. The molecule has 0 aliphatic heterocycles. The number of carbonyl (C=O) groups is 2. The lowest BCUT2D eigenvalue weighted by molar-refractivity contribution is -0.138. The predicted octanol–water partition coefficient (Wildman–Crippen LogP) is 4.41. The van der Waals surface area contributed by atoms with E-state index in [1.807, 2.05) is 72.8 Å². The number of hydrogen-bond donors (Lipinski definition) is 3. The van der Waals surface area contributed by atoms with Crippen LogP contribution in [-0.2, 0) is 24.1 Å². The Morgan fingerprint density at radius 3 is 2.29 bits per heavy atom. The van der Waals surface area contributed by atoms with Crippen molar-refractivity contribution in [2.24, 2.45) is 5.73 Å². The van der Waals surface area contributed by atoms with Gasteiger partial charge in [-0.2, -0.15) is 0 Å². The van der Waals surface area contributed by atoms with Gasteiger partial charge >= 0.3 is 5.97 Å². The Kier molecular flexibility index (Phi) is 7.75. The molecular weight excluding hydrogens is 462 g/mol. The first kappa shape index (κ1) is 24.4. The molecule has 4 rings (SSSR count). The second kappa shape index (κ2) is 11.1. The molecule has 0 spiro atoms. The second-order valence-electron chi connectivity index (χ2n) is 8.43. The Bertz CT molecular complexity index is 1340. The molecule has 1 amide bonds. The number of aromatic nitrogens is 1. The van der Waals surface area contributed by atoms with Crippen molar-refractivity contribution in [2.45, 2.75) is 25.3 Å². The summed E-state index contributed by atoms with van der Waals surface area (Å²) in [7, 11) is 0. The molecule has 0 saturated heterocycles. The van der Waals surface area contributed by atoms with Crippen molar-refractivity contribution in [2.75, 3.05) is 6.54 Å². The van der Waals surface area contributed by atoms with Crippen LogP contribution in [0.5, 0.6) is 0 Å². The topological polar surface area (TPSA) is 105 Å². The average Bonchev–Trinajstić information content (AvgIpc) is 2.87. The van der Waals surface area contributed by atoms with E-state index < -0.39 is 12.0 Å². The fourth-order valence-electron chi connectivity index (χ4n) is 3.98. The normalized spacial score (nSPS) is 11.8. The van der Waals surface area contributed by atoms with E-state index in [0.717, 1.165) is 39.6 Å². The van der Waals surface area contributed by atoms with Crippen LogP contribution in [0.15, 0.2) is 79.0 Å². The zero-order valence-corrected chi connectivity index (χ0v) is 19.8. The maximum absolute atomic E-state index is 12.5. The molecule has 4 aromatic rings. The van der Waals surface area contributed by atoms with Gasteiger partial charge < -0.3 is 16.2 Å². The van der Waals surface area contributed by atoms with Crippen LogP contribution < -0.4 is 11.1 Å². The van der Waals surface area contributed by atoms with E-state index in [2.05, 4.69) is 10.3 Å². The quantitative estimate of drug-likeness (QED) is 0.324. The lowest BCUT2D eigenvalue weighted by Crippen LogP contribution is -2.32. The van der Waals surface area contributed by atoms with Gasteiger partial charge in [0.05, 0.1) is 5.69 Å². The maximum Gasteiger partial charge on any atom is 0.320 e. The second-order valence-corrected chi connectivity index (χ2v) is 8.87. The van der Waals surface area contributed by atoms with Crippen LogP contribution >= 0.6 is 11.6 Å². The third kappa shape index (κ3) is 6.23. The van der Waals surface area contributed by atoms with Crippen molar-refractivity contribution in [1.29, 1.82) is 0 Å². The molecule has 3 aromatic carbocycles. The summed E-state index contributed by atoms with van der Waals surface area (Å²) in [5.74, 6) is -1.15. The van der Waals surface area contributed by atoms with Crippen LogP contribution in [-0.4, -0.2) is 34.6 Å². The number of aliphatic carboxylic acids is 1. The lowest BCUT2D eigenvalue weighted by atomic mass is 9.97. The third-order valence-electron chi connectivity index (χ3n) is 5.92. The van der Waals surface area contributed by atoms with Crippen molar-refractivity contribution in [3.8, 4) is 0 Å².